The van der Waals surface area contributed by atoms with Gasteiger partial charge in [0.25, 0.3) is 0 Å². The first-order chi connectivity index (χ1) is 9.50. The van der Waals surface area contributed by atoms with E-state index < -0.39 is 24.1 Å². The fourth-order valence-electron chi connectivity index (χ4n) is 2.34. The third-order valence-corrected chi connectivity index (χ3v) is 3.38. The van der Waals surface area contributed by atoms with E-state index in [2.05, 4.69) is 5.32 Å². The highest BCUT2D eigenvalue weighted by molar-refractivity contribution is 5.95. The van der Waals surface area contributed by atoms with E-state index in [9.17, 15) is 14.7 Å². The Labute approximate surface area is 117 Å². The SMILES string of the molecule is CC(O)C(NC(=O)N1CCCc2ccccc21)C(=O)O. The Morgan fingerprint density at radius 1 is 1.35 bits per heavy atom. The number of carbonyl (C=O) groups is 2. The normalized spacial score (nSPS) is 17.0. The number of nitrogens with zero attached hydrogens (tertiary/aromatic N) is 1. The van der Waals surface area contributed by atoms with Gasteiger partial charge in [0.15, 0.2) is 6.04 Å². The Morgan fingerprint density at radius 2 is 2.05 bits per heavy atom. The molecular weight excluding hydrogens is 260 g/mol. The molecule has 0 bridgehead atoms. The fraction of sp³-hybridized carbons (Fsp3) is 0.429. The Hall–Kier alpha value is -2.08. The molecule has 2 amide bonds. The molecule has 0 saturated heterocycles. The van der Waals surface area contributed by atoms with Gasteiger partial charge >= 0.3 is 12.0 Å². The molecule has 1 aliphatic heterocycles. The number of carboxylic acid groups (broad SMARTS) is 1. The number of aliphatic hydroxyl groups is 1. The molecular formula is C14H18N2O4. The van der Waals surface area contributed by atoms with Crippen LogP contribution in [-0.2, 0) is 11.2 Å². The number of para-hydroxylation sites is 1. The summed E-state index contributed by atoms with van der Waals surface area (Å²) < 4.78 is 0. The summed E-state index contributed by atoms with van der Waals surface area (Å²) in [6.45, 7) is 1.87. The van der Waals surface area contributed by atoms with Gasteiger partial charge in [-0.25, -0.2) is 9.59 Å². The van der Waals surface area contributed by atoms with Crippen molar-refractivity contribution in [3.8, 4) is 0 Å². The summed E-state index contributed by atoms with van der Waals surface area (Å²) in [7, 11) is 0. The first kappa shape index (κ1) is 14.3. The van der Waals surface area contributed by atoms with Gasteiger partial charge < -0.3 is 15.5 Å². The third-order valence-electron chi connectivity index (χ3n) is 3.38. The number of fused-ring (bicyclic) bond motifs is 1. The van der Waals surface area contributed by atoms with E-state index >= 15 is 0 Å². The Balaban J connectivity index is 2.16. The Kier molecular flexibility index (Phi) is 4.24. The molecule has 2 unspecified atom stereocenters. The van der Waals surface area contributed by atoms with Crippen molar-refractivity contribution in [2.24, 2.45) is 0 Å². The minimum Gasteiger partial charge on any atom is -0.480 e. The number of hydrogen-bond acceptors (Lipinski definition) is 3. The van der Waals surface area contributed by atoms with Crippen molar-refractivity contribution in [3.63, 3.8) is 0 Å². The second-order valence-electron chi connectivity index (χ2n) is 4.89. The number of aliphatic hydroxyl groups excluding tert-OH is 1. The van der Waals surface area contributed by atoms with Gasteiger partial charge in [-0.15, -0.1) is 0 Å². The molecule has 1 aromatic carbocycles. The molecule has 108 valence electrons. The van der Waals surface area contributed by atoms with Gasteiger partial charge in [0.2, 0.25) is 0 Å². The van der Waals surface area contributed by atoms with Crippen molar-refractivity contribution in [2.75, 3.05) is 11.4 Å². The minimum atomic E-state index is -1.31. The van der Waals surface area contributed by atoms with Gasteiger partial charge in [0, 0.05) is 12.2 Å². The van der Waals surface area contributed by atoms with E-state index in [-0.39, 0.29) is 0 Å². The average molecular weight is 278 g/mol. The topological polar surface area (TPSA) is 89.9 Å². The van der Waals surface area contributed by atoms with Crippen LogP contribution in [0.2, 0.25) is 0 Å². The van der Waals surface area contributed by atoms with Crippen LogP contribution in [0.15, 0.2) is 24.3 Å². The number of urea groups is 1. The number of hydrogen-bond donors (Lipinski definition) is 3. The highest BCUT2D eigenvalue weighted by Gasteiger charge is 2.29. The largest absolute Gasteiger partial charge is 0.480 e. The van der Waals surface area contributed by atoms with Crippen LogP contribution in [0.5, 0.6) is 0 Å². The van der Waals surface area contributed by atoms with Crippen LogP contribution in [0.4, 0.5) is 10.5 Å². The van der Waals surface area contributed by atoms with Crippen molar-refractivity contribution in [1.82, 2.24) is 5.32 Å². The zero-order valence-electron chi connectivity index (χ0n) is 11.2. The van der Waals surface area contributed by atoms with Gasteiger partial charge in [-0.1, -0.05) is 18.2 Å². The quantitative estimate of drug-likeness (QED) is 0.769. The molecule has 2 rings (SSSR count). The lowest BCUT2D eigenvalue weighted by Crippen LogP contribution is -2.53. The summed E-state index contributed by atoms with van der Waals surface area (Å²) in [4.78, 5) is 24.8. The predicted molar refractivity (Wildman–Crippen MR) is 73.7 cm³/mol. The lowest BCUT2D eigenvalue weighted by atomic mass is 10.0. The highest BCUT2D eigenvalue weighted by atomic mass is 16.4. The lowest BCUT2D eigenvalue weighted by Gasteiger charge is -2.31. The summed E-state index contributed by atoms with van der Waals surface area (Å²) in [6, 6.07) is 5.75. The van der Waals surface area contributed by atoms with Gasteiger partial charge in [-0.05, 0) is 31.4 Å². The summed E-state index contributed by atoms with van der Waals surface area (Å²) in [6.07, 6.45) is 0.576. The highest BCUT2D eigenvalue weighted by Crippen LogP contribution is 2.26. The zero-order valence-corrected chi connectivity index (χ0v) is 11.2. The van der Waals surface area contributed by atoms with Crippen LogP contribution in [-0.4, -0.2) is 40.9 Å². The standard InChI is InChI=1S/C14H18N2O4/c1-9(17)12(13(18)19)15-14(20)16-8-4-6-10-5-2-3-7-11(10)16/h2-3,5,7,9,12,17H,4,6,8H2,1H3,(H,15,20)(H,18,19). The zero-order chi connectivity index (χ0) is 14.7. The van der Waals surface area contributed by atoms with Gasteiger partial charge in [0.05, 0.1) is 6.10 Å². The van der Waals surface area contributed by atoms with Crippen LogP contribution in [0.25, 0.3) is 0 Å². The minimum absolute atomic E-state index is 0.495. The molecule has 0 aromatic heterocycles. The summed E-state index contributed by atoms with van der Waals surface area (Å²) >= 11 is 0. The molecule has 2 atom stereocenters. The van der Waals surface area contributed by atoms with Gasteiger partial charge in [-0.2, -0.15) is 0 Å². The van der Waals surface area contributed by atoms with Crippen molar-refractivity contribution in [2.45, 2.75) is 31.9 Å². The van der Waals surface area contributed by atoms with Crippen molar-refractivity contribution in [3.05, 3.63) is 29.8 Å². The smallest absolute Gasteiger partial charge is 0.328 e. The lowest BCUT2D eigenvalue weighted by molar-refractivity contribution is -0.141. The van der Waals surface area contributed by atoms with Gasteiger partial charge in [-0.3, -0.25) is 4.90 Å². The van der Waals surface area contributed by atoms with Crippen molar-refractivity contribution in [1.29, 1.82) is 0 Å². The van der Waals surface area contributed by atoms with E-state index in [0.29, 0.717) is 6.54 Å². The molecule has 1 aliphatic rings. The van der Waals surface area contributed by atoms with E-state index in [1.807, 2.05) is 24.3 Å². The molecule has 0 aliphatic carbocycles. The van der Waals surface area contributed by atoms with Crippen LogP contribution in [0.3, 0.4) is 0 Å². The number of carboxylic acids is 1. The molecule has 3 N–H and O–H groups in total. The second-order valence-corrected chi connectivity index (χ2v) is 4.89. The molecule has 20 heavy (non-hydrogen) atoms. The second kappa shape index (κ2) is 5.92. The van der Waals surface area contributed by atoms with Crippen molar-refractivity contribution < 1.29 is 19.8 Å². The van der Waals surface area contributed by atoms with Crippen LogP contribution in [0, 0.1) is 0 Å². The average Bonchev–Trinajstić information content (AvgIpc) is 2.43. The number of benzene rings is 1. The molecule has 1 aromatic rings. The number of anilines is 1. The Morgan fingerprint density at radius 3 is 2.70 bits per heavy atom. The predicted octanol–water partition coefficient (Wildman–Crippen LogP) is 0.983. The van der Waals surface area contributed by atoms with Crippen LogP contribution in [0.1, 0.15) is 18.9 Å². The Bertz CT molecular complexity index is 516. The molecule has 6 heteroatoms. The van der Waals surface area contributed by atoms with E-state index in [1.165, 1.54) is 11.8 Å². The van der Waals surface area contributed by atoms with Crippen LogP contribution < -0.4 is 10.2 Å². The summed E-state index contributed by atoms with van der Waals surface area (Å²) in [5.41, 5.74) is 1.86. The molecule has 0 radical (unpaired) electrons. The van der Waals surface area contributed by atoms with Gasteiger partial charge in [0.1, 0.15) is 0 Å². The number of aryl methyl sites for hydroxylation is 1. The maximum absolute atomic E-state index is 12.2. The molecule has 6 nitrogen and oxygen atoms in total. The number of amides is 2. The molecule has 0 saturated carbocycles. The maximum Gasteiger partial charge on any atom is 0.328 e. The number of nitrogens with one attached hydrogen (secondary N) is 1. The van der Waals surface area contributed by atoms with E-state index in [1.54, 1.807) is 0 Å². The first-order valence-corrected chi connectivity index (χ1v) is 6.57. The number of carbonyl (C=O) groups excluding carboxylic acids is 1. The first-order valence-electron chi connectivity index (χ1n) is 6.57. The van der Waals surface area contributed by atoms with Crippen LogP contribution >= 0.6 is 0 Å². The van der Waals surface area contributed by atoms with E-state index in [0.717, 1.165) is 24.1 Å². The molecule has 0 fully saturated rings. The number of aliphatic carboxylic acids is 1. The third kappa shape index (κ3) is 2.91. The number of rotatable bonds is 3. The molecule has 0 spiro atoms. The fourth-order valence-corrected chi connectivity index (χ4v) is 2.34. The summed E-state index contributed by atoms with van der Waals surface area (Å²) in [5, 5.41) is 20.8. The maximum atomic E-state index is 12.2. The monoisotopic (exact) mass is 278 g/mol. The van der Waals surface area contributed by atoms with E-state index in [4.69, 9.17) is 5.11 Å². The van der Waals surface area contributed by atoms with Crippen molar-refractivity contribution >= 4 is 17.7 Å². The molecule has 1 heterocycles. The summed E-state index contributed by atoms with van der Waals surface area (Å²) in [5.74, 6) is -1.25.